The van der Waals surface area contributed by atoms with Crippen LogP contribution in [0.4, 0.5) is 0 Å². The lowest BCUT2D eigenvalue weighted by Crippen LogP contribution is -2.54. The second-order valence-corrected chi connectivity index (χ2v) is 8.39. The summed E-state index contributed by atoms with van der Waals surface area (Å²) in [5.41, 5.74) is 2.45. The lowest BCUT2D eigenvalue weighted by atomic mass is 9.65. The van der Waals surface area contributed by atoms with Crippen LogP contribution in [-0.4, -0.2) is 36.9 Å². The molecule has 150 valence electrons. The Hall–Kier alpha value is -2.13. The fourth-order valence-corrected chi connectivity index (χ4v) is 5.01. The van der Waals surface area contributed by atoms with Crippen LogP contribution in [0.2, 0.25) is 0 Å². The summed E-state index contributed by atoms with van der Waals surface area (Å²) >= 11 is 0. The topological polar surface area (TPSA) is 23.6 Å². The number of carbonyl (C=O) groups excluding carboxylic acids is 1. The largest absolute Gasteiger partial charge is 0.336 e. The summed E-state index contributed by atoms with van der Waals surface area (Å²) in [4.78, 5) is 17.3. The molecule has 0 saturated heterocycles. The maximum absolute atomic E-state index is 12.9. The van der Waals surface area contributed by atoms with Gasteiger partial charge in [0, 0.05) is 19.0 Å². The average molecular weight is 379 g/mol. The van der Waals surface area contributed by atoms with Crippen molar-refractivity contribution in [2.45, 2.75) is 56.5 Å². The van der Waals surface area contributed by atoms with Crippen LogP contribution in [0.15, 0.2) is 60.7 Å². The van der Waals surface area contributed by atoms with Crippen molar-refractivity contribution in [3.63, 3.8) is 0 Å². The van der Waals surface area contributed by atoms with Gasteiger partial charge in [0.15, 0.2) is 0 Å². The zero-order valence-corrected chi connectivity index (χ0v) is 17.8. The van der Waals surface area contributed by atoms with E-state index < -0.39 is 0 Å². The Morgan fingerprint density at radius 3 is 1.64 bits per heavy atom. The molecular weight excluding hydrogens is 344 g/mol. The Morgan fingerprint density at radius 2 is 1.21 bits per heavy atom. The zero-order valence-electron chi connectivity index (χ0n) is 17.8. The van der Waals surface area contributed by atoms with Gasteiger partial charge in [0.05, 0.1) is 5.54 Å². The molecule has 0 heterocycles. The van der Waals surface area contributed by atoms with Crippen LogP contribution in [0.3, 0.4) is 0 Å². The van der Waals surface area contributed by atoms with Gasteiger partial charge in [-0.3, -0.25) is 9.69 Å². The summed E-state index contributed by atoms with van der Waals surface area (Å²) in [5, 5.41) is 0. The lowest BCUT2D eigenvalue weighted by Gasteiger charge is -2.53. The minimum absolute atomic E-state index is 0.0220. The monoisotopic (exact) mass is 378 g/mol. The van der Waals surface area contributed by atoms with Crippen LogP contribution >= 0.6 is 0 Å². The Morgan fingerprint density at radius 1 is 0.786 bits per heavy atom. The van der Waals surface area contributed by atoms with Crippen LogP contribution in [0.1, 0.15) is 56.6 Å². The summed E-state index contributed by atoms with van der Waals surface area (Å²) in [6, 6.07) is 21.5. The van der Waals surface area contributed by atoms with E-state index in [0.29, 0.717) is 6.42 Å². The van der Waals surface area contributed by atoms with Crippen molar-refractivity contribution in [1.82, 2.24) is 9.80 Å². The molecule has 0 aromatic heterocycles. The van der Waals surface area contributed by atoms with Gasteiger partial charge in [-0.2, -0.15) is 0 Å². The van der Waals surface area contributed by atoms with Crippen molar-refractivity contribution in [3.8, 4) is 0 Å². The molecule has 0 unspecified atom stereocenters. The molecule has 0 N–H and O–H groups in total. The number of nitrogens with zero attached hydrogens (tertiary/aromatic N) is 2. The van der Waals surface area contributed by atoms with Crippen molar-refractivity contribution < 1.29 is 4.79 Å². The van der Waals surface area contributed by atoms with Crippen molar-refractivity contribution in [3.05, 3.63) is 71.8 Å². The van der Waals surface area contributed by atoms with Gasteiger partial charge in [-0.1, -0.05) is 67.6 Å². The van der Waals surface area contributed by atoms with Crippen LogP contribution in [-0.2, 0) is 15.9 Å². The van der Waals surface area contributed by atoms with Gasteiger partial charge in [-0.05, 0) is 57.3 Å². The molecule has 0 radical (unpaired) electrons. The van der Waals surface area contributed by atoms with Crippen molar-refractivity contribution in [1.29, 1.82) is 0 Å². The summed E-state index contributed by atoms with van der Waals surface area (Å²) < 4.78 is 0. The highest BCUT2D eigenvalue weighted by molar-refractivity contribution is 5.77. The summed E-state index contributed by atoms with van der Waals surface area (Å²) in [5.74, 6) is 0.253. The van der Waals surface area contributed by atoms with Gasteiger partial charge >= 0.3 is 0 Å². The number of amides is 1. The first-order valence-electron chi connectivity index (χ1n) is 10.5. The second kappa shape index (κ2) is 8.48. The molecule has 0 aliphatic heterocycles. The Kier molecular flexibility index (Phi) is 6.24. The van der Waals surface area contributed by atoms with E-state index in [4.69, 9.17) is 0 Å². The van der Waals surface area contributed by atoms with Crippen molar-refractivity contribution >= 4 is 5.91 Å². The minimum Gasteiger partial charge on any atom is -0.336 e. The highest BCUT2D eigenvalue weighted by atomic mass is 16.2. The molecule has 2 aromatic carbocycles. The highest BCUT2D eigenvalue weighted by Gasteiger charge is 2.48. The molecular formula is C25H34N2O. The fraction of sp³-hybridized carbons (Fsp3) is 0.480. The van der Waals surface area contributed by atoms with E-state index in [1.165, 1.54) is 11.1 Å². The quantitative estimate of drug-likeness (QED) is 0.692. The Bertz CT molecular complexity index is 762. The van der Waals surface area contributed by atoms with Gasteiger partial charge in [0.25, 0.3) is 0 Å². The van der Waals surface area contributed by atoms with Gasteiger partial charge in [0.1, 0.15) is 0 Å². The molecule has 3 rings (SSSR count). The summed E-state index contributed by atoms with van der Waals surface area (Å²) in [6.07, 6.45) is 5.50. The second-order valence-electron chi connectivity index (χ2n) is 8.39. The molecule has 1 fully saturated rings. The van der Waals surface area contributed by atoms with E-state index in [1.807, 2.05) is 7.05 Å². The molecule has 3 heteroatoms. The maximum Gasteiger partial charge on any atom is 0.223 e. The number of hydrogen-bond acceptors (Lipinski definition) is 2. The first kappa shape index (κ1) is 20.6. The van der Waals surface area contributed by atoms with Crippen LogP contribution in [0.25, 0.3) is 0 Å². The molecule has 1 aliphatic rings. The number of benzene rings is 2. The predicted octanol–water partition coefficient (Wildman–Crippen LogP) is 5.17. The third kappa shape index (κ3) is 3.60. The number of carbonyl (C=O) groups is 1. The smallest absolute Gasteiger partial charge is 0.223 e. The normalized spacial score (nSPS) is 24.9. The number of rotatable bonds is 6. The average Bonchev–Trinajstić information content (AvgIpc) is 2.74. The fourth-order valence-electron chi connectivity index (χ4n) is 5.01. The molecule has 3 nitrogen and oxygen atoms in total. The molecule has 28 heavy (non-hydrogen) atoms. The van der Waals surface area contributed by atoms with Gasteiger partial charge in [0.2, 0.25) is 5.91 Å². The van der Waals surface area contributed by atoms with E-state index >= 15 is 0 Å². The molecule has 0 spiro atoms. The Labute approximate surface area is 170 Å². The lowest BCUT2D eigenvalue weighted by molar-refractivity contribution is -0.139. The van der Waals surface area contributed by atoms with Gasteiger partial charge < -0.3 is 4.90 Å². The zero-order chi connectivity index (χ0) is 20.2. The highest BCUT2D eigenvalue weighted by Crippen LogP contribution is 2.50. The van der Waals surface area contributed by atoms with Gasteiger partial charge in [-0.25, -0.2) is 0 Å². The summed E-state index contributed by atoms with van der Waals surface area (Å²) in [7, 11) is 6.39. The standard InChI is InChI=1S/C25H34N2O/c1-5-12-23(28)27(4)25(22-15-10-7-11-16-22)19-17-24(18-20-25,26(2)3)21-13-8-6-9-14-21/h6-11,13-16H,5,12,17-20H2,1-4H3. The van der Waals surface area contributed by atoms with Crippen LogP contribution in [0.5, 0.6) is 0 Å². The minimum atomic E-state index is -0.220. The first-order valence-corrected chi connectivity index (χ1v) is 10.5. The van der Waals surface area contributed by atoms with E-state index in [0.717, 1.165) is 32.1 Å². The SMILES string of the molecule is CCCC(=O)N(C)C1(c2ccccc2)CCC(c2ccccc2)(N(C)C)CC1. The molecule has 1 saturated carbocycles. The van der Waals surface area contributed by atoms with Crippen molar-refractivity contribution in [2.24, 2.45) is 0 Å². The first-order chi connectivity index (χ1) is 13.5. The molecule has 1 aliphatic carbocycles. The van der Waals surface area contributed by atoms with Crippen molar-refractivity contribution in [2.75, 3.05) is 21.1 Å². The van der Waals surface area contributed by atoms with E-state index in [2.05, 4.69) is 91.5 Å². The van der Waals surface area contributed by atoms with Gasteiger partial charge in [-0.15, -0.1) is 0 Å². The van der Waals surface area contributed by atoms with E-state index in [9.17, 15) is 4.79 Å². The van der Waals surface area contributed by atoms with E-state index in [1.54, 1.807) is 0 Å². The molecule has 0 bridgehead atoms. The maximum atomic E-state index is 12.9. The molecule has 2 aromatic rings. The van der Waals surface area contributed by atoms with Crippen LogP contribution in [0, 0.1) is 0 Å². The summed E-state index contributed by atoms with van der Waals surface area (Å²) in [6.45, 7) is 2.08. The number of hydrogen-bond donors (Lipinski definition) is 0. The third-order valence-corrected chi connectivity index (χ3v) is 6.86. The van der Waals surface area contributed by atoms with Crippen LogP contribution < -0.4 is 0 Å². The molecule has 1 amide bonds. The van der Waals surface area contributed by atoms with E-state index in [-0.39, 0.29) is 17.0 Å². The molecule has 0 atom stereocenters. The Balaban J connectivity index is 1.98. The third-order valence-electron chi connectivity index (χ3n) is 6.86. The predicted molar refractivity (Wildman–Crippen MR) is 116 cm³/mol.